The minimum absolute atomic E-state index is 0.0185. The number of hydrogen-bond donors (Lipinski definition) is 6. The highest BCUT2D eigenvalue weighted by atomic mass is 16.3. The number of nitrogen functional groups attached to an aromatic ring is 1. The molecule has 0 aliphatic heterocycles. The van der Waals surface area contributed by atoms with Gasteiger partial charge in [0, 0.05) is 48.7 Å². The van der Waals surface area contributed by atoms with Crippen LogP contribution in [0.15, 0.2) is 78.0 Å². The number of rotatable bonds is 12. The smallest absolute Gasteiger partial charge is 0.253 e. The molecular formula is C31H39N5O3. The molecule has 1 aliphatic carbocycles. The van der Waals surface area contributed by atoms with E-state index in [-0.39, 0.29) is 36.0 Å². The van der Waals surface area contributed by atoms with E-state index in [4.69, 9.17) is 5.73 Å². The van der Waals surface area contributed by atoms with Gasteiger partial charge in [0.1, 0.15) is 5.75 Å². The average Bonchev–Trinajstić information content (AvgIpc) is 2.91. The molecule has 206 valence electrons. The maximum atomic E-state index is 12.8. The molecule has 39 heavy (non-hydrogen) atoms. The van der Waals surface area contributed by atoms with E-state index in [0.717, 1.165) is 35.4 Å². The van der Waals surface area contributed by atoms with Crippen molar-refractivity contribution in [3.8, 4) is 5.75 Å². The minimum atomic E-state index is -0.423. The number of allylic oxidation sites excluding steroid dienone is 3. The minimum Gasteiger partial charge on any atom is -0.506 e. The zero-order valence-corrected chi connectivity index (χ0v) is 23.0. The Morgan fingerprint density at radius 1 is 0.821 bits per heavy atom. The normalized spacial score (nSPS) is 12.8. The zero-order valence-electron chi connectivity index (χ0n) is 23.0. The van der Waals surface area contributed by atoms with Gasteiger partial charge >= 0.3 is 0 Å². The summed E-state index contributed by atoms with van der Waals surface area (Å²) in [6.07, 6.45) is 4.38. The number of nitrogens with two attached hydrogens (primary N) is 1. The van der Waals surface area contributed by atoms with Crippen LogP contribution in [-0.2, 0) is 0 Å². The van der Waals surface area contributed by atoms with Crippen molar-refractivity contribution in [1.29, 1.82) is 0 Å². The molecule has 0 saturated heterocycles. The molecule has 0 fully saturated rings. The van der Waals surface area contributed by atoms with Gasteiger partial charge in [-0.3, -0.25) is 9.59 Å². The average molecular weight is 530 g/mol. The van der Waals surface area contributed by atoms with E-state index in [2.05, 4.69) is 54.3 Å². The lowest BCUT2D eigenvalue weighted by molar-refractivity contribution is 0.0927. The number of phenolic OH excluding ortho intramolecular Hbond substituents is 1. The molecule has 0 atom stereocenters. The van der Waals surface area contributed by atoms with Gasteiger partial charge in [-0.25, -0.2) is 0 Å². The van der Waals surface area contributed by atoms with Gasteiger partial charge < -0.3 is 32.1 Å². The van der Waals surface area contributed by atoms with Crippen molar-refractivity contribution in [2.75, 3.05) is 31.9 Å². The van der Waals surface area contributed by atoms with Crippen LogP contribution in [0.4, 0.5) is 5.69 Å². The van der Waals surface area contributed by atoms with Crippen LogP contribution in [0.2, 0.25) is 0 Å². The lowest BCUT2D eigenvalue weighted by Crippen LogP contribution is -2.35. The summed E-state index contributed by atoms with van der Waals surface area (Å²) in [7, 11) is 0. The summed E-state index contributed by atoms with van der Waals surface area (Å²) in [4.78, 5) is 25.1. The van der Waals surface area contributed by atoms with Crippen molar-refractivity contribution in [1.82, 2.24) is 21.3 Å². The van der Waals surface area contributed by atoms with Crippen LogP contribution in [0, 0.1) is 6.92 Å². The summed E-state index contributed by atoms with van der Waals surface area (Å²) in [6, 6.07) is 9.99. The first-order valence-corrected chi connectivity index (χ1v) is 13.1. The van der Waals surface area contributed by atoms with E-state index in [1.807, 2.05) is 19.1 Å². The molecule has 2 aromatic rings. The van der Waals surface area contributed by atoms with Crippen LogP contribution in [0.1, 0.15) is 58.5 Å². The Bertz CT molecular complexity index is 1340. The summed E-state index contributed by atoms with van der Waals surface area (Å²) < 4.78 is 0. The molecule has 8 heteroatoms. The number of benzene rings is 2. The van der Waals surface area contributed by atoms with Gasteiger partial charge in [0.15, 0.2) is 0 Å². The molecule has 2 aromatic carbocycles. The van der Waals surface area contributed by atoms with E-state index in [1.165, 1.54) is 28.9 Å². The Morgan fingerprint density at radius 3 is 2.05 bits per heavy atom. The van der Waals surface area contributed by atoms with Gasteiger partial charge in [0.25, 0.3) is 11.8 Å². The molecule has 1 aliphatic rings. The monoisotopic (exact) mass is 529 g/mol. The van der Waals surface area contributed by atoms with Crippen molar-refractivity contribution < 1.29 is 14.7 Å². The Balaban J connectivity index is 1.47. The molecule has 0 unspecified atom stereocenters. The number of carbonyl (C=O) groups excluding carboxylic acids is 2. The first kappa shape index (κ1) is 29.1. The number of aromatic hydroxyl groups is 1. The number of amides is 2. The second-order valence-corrected chi connectivity index (χ2v) is 9.60. The number of hydrogen-bond acceptors (Lipinski definition) is 6. The van der Waals surface area contributed by atoms with Crippen molar-refractivity contribution in [3.63, 3.8) is 0 Å². The molecule has 0 saturated carbocycles. The highest BCUT2D eigenvalue weighted by Crippen LogP contribution is 2.27. The second-order valence-electron chi connectivity index (χ2n) is 9.60. The standard InChI is InChI=1S/C31H39N5O3/c1-19-9-6-10-24(20(19)2)22(4)33-15-16-34-23(5)25-11-7-12-26(21(25)3)30(38)35-17-18-36-31(39)27-13-8-14-28(37)29(27)32/h7-8,10-14,33-34,37H,4-6,9,15-18,32H2,1-3H3,(H,35,38)(H,36,39). The van der Waals surface area contributed by atoms with Crippen LogP contribution in [0.5, 0.6) is 5.75 Å². The summed E-state index contributed by atoms with van der Waals surface area (Å²) in [5.74, 6) is -0.817. The third kappa shape index (κ3) is 7.31. The van der Waals surface area contributed by atoms with Gasteiger partial charge in [-0.15, -0.1) is 0 Å². The fourth-order valence-electron chi connectivity index (χ4n) is 4.47. The Kier molecular flexibility index (Phi) is 9.98. The first-order chi connectivity index (χ1) is 18.6. The van der Waals surface area contributed by atoms with E-state index in [0.29, 0.717) is 18.7 Å². The molecule has 2 amide bonds. The fraction of sp³-hybridized carbons (Fsp3) is 0.290. The molecule has 0 heterocycles. The predicted molar refractivity (Wildman–Crippen MR) is 158 cm³/mol. The van der Waals surface area contributed by atoms with Crippen LogP contribution in [-0.4, -0.2) is 43.1 Å². The lowest BCUT2D eigenvalue weighted by atomic mass is 9.91. The molecule has 0 bridgehead atoms. The maximum absolute atomic E-state index is 12.8. The quantitative estimate of drug-likeness (QED) is 0.139. The summed E-state index contributed by atoms with van der Waals surface area (Å²) >= 11 is 0. The van der Waals surface area contributed by atoms with Crippen molar-refractivity contribution in [3.05, 3.63) is 100 Å². The van der Waals surface area contributed by atoms with Crippen molar-refractivity contribution in [2.24, 2.45) is 0 Å². The molecule has 0 spiro atoms. The van der Waals surface area contributed by atoms with Gasteiger partial charge in [0.05, 0.1) is 11.3 Å². The summed E-state index contributed by atoms with van der Waals surface area (Å²) in [6.45, 7) is 16.3. The SMILES string of the molecule is C=C(NCCNC(=C)c1cccc(C(=O)NCCNC(=O)c2cccc(O)c2N)c1C)C1=CCCC(C)=C1C. The summed E-state index contributed by atoms with van der Waals surface area (Å²) in [5, 5.41) is 21.9. The van der Waals surface area contributed by atoms with Crippen molar-refractivity contribution >= 4 is 23.2 Å². The third-order valence-corrected chi connectivity index (χ3v) is 6.97. The van der Waals surface area contributed by atoms with Gasteiger partial charge in [-0.05, 0) is 68.5 Å². The van der Waals surface area contributed by atoms with Gasteiger partial charge in [-0.2, -0.15) is 0 Å². The molecule has 8 nitrogen and oxygen atoms in total. The van der Waals surface area contributed by atoms with Crippen LogP contribution in [0.3, 0.4) is 0 Å². The largest absolute Gasteiger partial charge is 0.506 e. The summed E-state index contributed by atoms with van der Waals surface area (Å²) in [5.41, 5.74) is 13.7. The Hall–Kier alpha value is -4.46. The number of para-hydroxylation sites is 1. The lowest BCUT2D eigenvalue weighted by Gasteiger charge is -2.20. The van der Waals surface area contributed by atoms with E-state index in [1.54, 1.807) is 12.1 Å². The van der Waals surface area contributed by atoms with E-state index >= 15 is 0 Å². The Morgan fingerprint density at radius 2 is 1.36 bits per heavy atom. The Labute approximate surface area is 230 Å². The van der Waals surface area contributed by atoms with Gasteiger partial charge in [0.2, 0.25) is 0 Å². The van der Waals surface area contributed by atoms with Crippen LogP contribution < -0.4 is 27.0 Å². The van der Waals surface area contributed by atoms with Gasteiger partial charge in [-0.1, -0.05) is 43.0 Å². The highest BCUT2D eigenvalue weighted by Gasteiger charge is 2.15. The fourth-order valence-corrected chi connectivity index (χ4v) is 4.47. The van der Waals surface area contributed by atoms with E-state index in [9.17, 15) is 14.7 Å². The highest BCUT2D eigenvalue weighted by molar-refractivity contribution is 6.00. The number of nitrogens with one attached hydrogen (secondary N) is 4. The molecular weight excluding hydrogens is 490 g/mol. The topological polar surface area (TPSA) is 129 Å². The molecule has 7 N–H and O–H groups in total. The predicted octanol–water partition coefficient (Wildman–Crippen LogP) is 4.16. The number of carbonyl (C=O) groups is 2. The van der Waals surface area contributed by atoms with Crippen LogP contribution in [0.25, 0.3) is 5.70 Å². The molecule has 0 radical (unpaired) electrons. The first-order valence-electron chi connectivity index (χ1n) is 13.1. The second kappa shape index (κ2) is 13.4. The molecule has 3 rings (SSSR count). The van der Waals surface area contributed by atoms with Crippen molar-refractivity contribution in [2.45, 2.75) is 33.6 Å². The maximum Gasteiger partial charge on any atom is 0.253 e. The number of anilines is 1. The van der Waals surface area contributed by atoms with E-state index < -0.39 is 5.91 Å². The zero-order chi connectivity index (χ0) is 28.5. The third-order valence-electron chi connectivity index (χ3n) is 6.97. The number of phenols is 1. The van der Waals surface area contributed by atoms with Crippen LogP contribution >= 0.6 is 0 Å². The molecule has 0 aromatic heterocycles.